The SMILES string of the molecule is COC(=O)/C=C1/c2cc(F)ccc2N(C(=O)c2ccc(OC[C@@H](C)F)cc2)CCC1(F)F. The first kappa shape index (κ1) is 23.3. The van der Waals surface area contributed by atoms with Gasteiger partial charge in [0, 0.05) is 35.7 Å². The molecule has 1 aliphatic rings. The Labute approximate surface area is 182 Å². The highest BCUT2D eigenvalue weighted by atomic mass is 19.3. The van der Waals surface area contributed by atoms with Crippen LogP contribution in [0.2, 0.25) is 0 Å². The van der Waals surface area contributed by atoms with E-state index >= 15 is 0 Å². The molecule has 9 heteroatoms. The summed E-state index contributed by atoms with van der Waals surface area (Å²) in [4.78, 5) is 26.0. The van der Waals surface area contributed by atoms with Crippen molar-refractivity contribution in [1.29, 1.82) is 0 Å². The summed E-state index contributed by atoms with van der Waals surface area (Å²) in [5.41, 5.74) is -0.790. The molecule has 0 fully saturated rings. The highest BCUT2D eigenvalue weighted by Gasteiger charge is 2.41. The molecule has 0 aromatic heterocycles. The Morgan fingerprint density at radius 1 is 1.19 bits per heavy atom. The molecule has 1 amide bonds. The van der Waals surface area contributed by atoms with Gasteiger partial charge in [-0.3, -0.25) is 4.79 Å². The summed E-state index contributed by atoms with van der Waals surface area (Å²) in [5.74, 6) is -5.58. The van der Waals surface area contributed by atoms with E-state index < -0.39 is 41.8 Å². The maximum absolute atomic E-state index is 14.9. The van der Waals surface area contributed by atoms with E-state index in [4.69, 9.17) is 4.74 Å². The van der Waals surface area contributed by atoms with E-state index in [0.29, 0.717) is 11.8 Å². The van der Waals surface area contributed by atoms with Gasteiger partial charge in [0.15, 0.2) is 0 Å². The predicted molar refractivity (Wildman–Crippen MR) is 110 cm³/mol. The molecular weight excluding hydrogens is 430 g/mol. The van der Waals surface area contributed by atoms with Crippen molar-refractivity contribution in [2.45, 2.75) is 25.4 Å². The van der Waals surface area contributed by atoms with Crippen LogP contribution in [-0.4, -0.2) is 44.2 Å². The Morgan fingerprint density at radius 2 is 1.88 bits per heavy atom. The summed E-state index contributed by atoms with van der Waals surface area (Å²) < 4.78 is 66.4. The van der Waals surface area contributed by atoms with Crippen molar-refractivity contribution in [3.63, 3.8) is 0 Å². The van der Waals surface area contributed by atoms with Crippen LogP contribution in [0.1, 0.15) is 29.3 Å². The smallest absolute Gasteiger partial charge is 0.330 e. The number of esters is 1. The number of hydrogen-bond donors (Lipinski definition) is 0. The molecule has 0 radical (unpaired) electrons. The zero-order valence-corrected chi connectivity index (χ0v) is 17.4. The van der Waals surface area contributed by atoms with Crippen molar-refractivity contribution < 1.29 is 36.6 Å². The molecular formula is C23H21F4NO4. The number of alkyl halides is 3. The molecule has 2 aromatic carbocycles. The normalized spacial score (nSPS) is 17.3. The summed E-state index contributed by atoms with van der Waals surface area (Å²) in [6.45, 7) is 0.819. The average Bonchev–Trinajstić information content (AvgIpc) is 2.86. The van der Waals surface area contributed by atoms with Crippen molar-refractivity contribution in [3.05, 3.63) is 65.5 Å². The zero-order chi connectivity index (χ0) is 23.5. The second-order valence-electron chi connectivity index (χ2n) is 7.27. The highest BCUT2D eigenvalue weighted by molar-refractivity contribution is 6.08. The van der Waals surface area contributed by atoms with Crippen molar-refractivity contribution in [2.75, 3.05) is 25.2 Å². The first-order chi connectivity index (χ1) is 15.1. The fourth-order valence-electron chi connectivity index (χ4n) is 3.30. The van der Waals surface area contributed by atoms with Gasteiger partial charge in [0.2, 0.25) is 0 Å². The van der Waals surface area contributed by atoms with Crippen LogP contribution in [0.3, 0.4) is 0 Å². The molecule has 1 atom stereocenters. The van der Waals surface area contributed by atoms with E-state index in [1.54, 1.807) is 0 Å². The van der Waals surface area contributed by atoms with Gasteiger partial charge in [0.1, 0.15) is 24.3 Å². The molecule has 3 rings (SSSR count). The topological polar surface area (TPSA) is 55.8 Å². The molecule has 0 saturated heterocycles. The monoisotopic (exact) mass is 451 g/mol. The van der Waals surface area contributed by atoms with E-state index in [-0.39, 0.29) is 30.0 Å². The maximum atomic E-state index is 14.9. The molecule has 32 heavy (non-hydrogen) atoms. The summed E-state index contributed by atoms with van der Waals surface area (Å²) >= 11 is 0. The molecule has 0 spiro atoms. The van der Waals surface area contributed by atoms with Crippen LogP contribution in [0.5, 0.6) is 5.75 Å². The van der Waals surface area contributed by atoms with E-state index in [1.165, 1.54) is 37.3 Å². The van der Waals surface area contributed by atoms with Crippen molar-refractivity contribution in [1.82, 2.24) is 0 Å². The number of carbonyl (C=O) groups excluding carboxylic acids is 2. The number of halogens is 4. The Bertz CT molecular complexity index is 1030. The van der Waals surface area contributed by atoms with Crippen LogP contribution in [0.4, 0.5) is 23.2 Å². The molecule has 170 valence electrons. The predicted octanol–water partition coefficient (Wildman–Crippen LogP) is 4.80. The Kier molecular flexibility index (Phi) is 6.86. The number of methoxy groups -OCH3 is 1. The van der Waals surface area contributed by atoms with Crippen LogP contribution in [0.25, 0.3) is 5.57 Å². The Morgan fingerprint density at radius 3 is 2.50 bits per heavy atom. The van der Waals surface area contributed by atoms with E-state index in [2.05, 4.69) is 4.74 Å². The first-order valence-electron chi connectivity index (χ1n) is 9.79. The second-order valence-corrected chi connectivity index (χ2v) is 7.27. The quantitative estimate of drug-likeness (QED) is 0.372. The Hall–Kier alpha value is -3.36. The lowest BCUT2D eigenvalue weighted by Gasteiger charge is -2.23. The summed E-state index contributed by atoms with van der Waals surface area (Å²) in [7, 11) is 1.04. The largest absolute Gasteiger partial charge is 0.491 e. The maximum Gasteiger partial charge on any atom is 0.330 e. The number of carbonyl (C=O) groups is 2. The van der Waals surface area contributed by atoms with Crippen molar-refractivity contribution >= 4 is 23.1 Å². The zero-order valence-electron chi connectivity index (χ0n) is 17.4. The molecule has 0 saturated carbocycles. The molecule has 0 unspecified atom stereocenters. The highest BCUT2D eigenvalue weighted by Crippen LogP contribution is 2.43. The number of rotatable bonds is 5. The van der Waals surface area contributed by atoms with E-state index in [9.17, 15) is 27.2 Å². The van der Waals surface area contributed by atoms with Gasteiger partial charge in [0.25, 0.3) is 11.8 Å². The van der Waals surface area contributed by atoms with E-state index in [1.807, 2.05) is 0 Å². The molecule has 0 N–H and O–H groups in total. The summed E-state index contributed by atoms with van der Waals surface area (Å²) in [5, 5.41) is 0. The third-order valence-corrected chi connectivity index (χ3v) is 4.87. The van der Waals surface area contributed by atoms with Crippen LogP contribution in [-0.2, 0) is 9.53 Å². The Balaban J connectivity index is 2.00. The van der Waals surface area contributed by atoms with Crippen molar-refractivity contribution in [3.8, 4) is 5.75 Å². The van der Waals surface area contributed by atoms with Crippen LogP contribution in [0, 0.1) is 5.82 Å². The molecule has 0 aliphatic carbocycles. The second kappa shape index (κ2) is 9.42. The number of benzene rings is 2. The van der Waals surface area contributed by atoms with Gasteiger partial charge in [-0.2, -0.15) is 0 Å². The van der Waals surface area contributed by atoms with Crippen LogP contribution >= 0.6 is 0 Å². The molecule has 0 bridgehead atoms. The molecule has 1 aliphatic heterocycles. The summed E-state index contributed by atoms with van der Waals surface area (Å²) in [6.07, 6.45) is -1.34. The third-order valence-electron chi connectivity index (χ3n) is 4.87. The number of hydrogen-bond acceptors (Lipinski definition) is 4. The lowest BCUT2D eigenvalue weighted by molar-refractivity contribution is -0.134. The molecule has 2 aromatic rings. The number of fused-ring (bicyclic) bond motifs is 1. The van der Waals surface area contributed by atoms with Crippen LogP contribution < -0.4 is 9.64 Å². The fourth-order valence-corrected chi connectivity index (χ4v) is 3.30. The van der Waals surface area contributed by atoms with Crippen molar-refractivity contribution in [2.24, 2.45) is 0 Å². The minimum atomic E-state index is -3.51. The van der Waals surface area contributed by atoms with E-state index in [0.717, 1.165) is 24.1 Å². The van der Waals surface area contributed by atoms with Gasteiger partial charge < -0.3 is 14.4 Å². The first-order valence-corrected chi connectivity index (χ1v) is 9.79. The minimum absolute atomic E-state index is 0.0373. The number of nitrogens with zero attached hydrogens (tertiary/aromatic N) is 1. The van der Waals surface area contributed by atoms with Gasteiger partial charge in [-0.1, -0.05) is 0 Å². The average molecular weight is 451 g/mol. The van der Waals surface area contributed by atoms with Gasteiger partial charge >= 0.3 is 5.97 Å². The molecule has 5 nitrogen and oxygen atoms in total. The fraction of sp³-hybridized carbons (Fsp3) is 0.304. The minimum Gasteiger partial charge on any atom is -0.491 e. The van der Waals surface area contributed by atoms with Gasteiger partial charge in [-0.15, -0.1) is 0 Å². The van der Waals surface area contributed by atoms with Gasteiger partial charge in [-0.25, -0.2) is 22.4 Å². The standard InChI is InChI=1S/C23H21F4NO4/c1-14(24)13-32-17-6-3-15(4-7-17)22(30)28-10-9-23(26,27)19(12-21(29)31-2)18-11-16(25)5-8-20(18)28/h3-8,11-12,14H,9-10,13H2,1-2H3/b19-12-/t14-/m1/s1. The number of amides is 1. The summed E-state index contributed by atoms with van der Waals surface area (Å²) in [6, 6.07) is 8.92. The lowest BCUT2D eigenvalue weighted by Crippen LogP contribution is -2.33. The third kappa shape index (κ3) is 5.09. The number of allylic oxidation sites excluding steroid dienone is 1. The van der Waals surface area contributed by atoms with Crippen LogP contribution in [0.15, 0.2) is 48.5 Å². The van der Waals surface area contributed by atoms with Gasteiger partial charge in [-0.05, 0) is 49.4 Å². The number of anilines is 1. The number of ether oxygens (including phenoxy) is 2. The lowest BCUT2D eigenvalue weighted by atomic mass is 9.97. The molecule has 1 heterocycles. The van der Waals surface area contributed by atoms with Gasteiger partial charge in [0.05, 0.1) is 12.8 Å².